The lowest BCUT2D eigenvalue weighted by Gasteiger charge is -2.48. The molecule has 1 saturated carbocycles. The number of benzene rings is 1. The van der Waals surface area contributed by atoms with Crippen LogP contribution in [0.5, 0.6) is 0 Å². The van der Waals surface area contributed by atoms with Crippen molar-refractivity contribution in [1.82, 2.24) is 4.90 Å². The third-order valence-corrected chi connectivity index (χ3v) is 8.96. The Morgan fingerprint density at radius 1 is 1.03 bits per heavy atom. The maximum Gasteiger partial charge on any atom is 0.338 e. The summed E-state index contributed by atoms with van der Waals surface area (Å²) in [5, 5.41) is 11.0. The largest absolute Gasteiger partial charge is 0.457 e. The molecule has 2 saturated heterocycles. The van der Waals surface area contributed by atoms with Crippen molar-refractivity contribution < 1.29 is 14.6 Å². The first-order chi connectivity index (χ1) is 16.4. The van der Waals surface area contributed by atoms with Crippen LogP contribution in [0, 0.1) is 12.3 Å². The molecule has 0 aromatic heterocycles. The number of esters is 1. The lowest BCUT2D eigenvalue weighted by Crippen LogP contribution is -2.51. The normalized spacial score (nSPS) is 23.4. The number of ether oxygens (including phenoxy) is 1. The lowest BCUT2D eigenvalue weighted by molar-refractivity contribution is 0.0447. The fourth-order valence-electron chi connectivity index (χ4n) is 6.45. The van der Waals surface area contributed by atoms with E-state index in [0.717, 1.165) is 92.6 Å². The van der Waals surface area contributed by atoms with Gasteiger partial charge in [-0.25, -0.2) is 4.79 Å². The number of fused-ring (bicyclic) bond motifs is 1. The maximum absolute atomic E-state index is 12.2. The number of nitrogens with zero attached hydrogens (tertiary/aromatic N) is 2. The van der Waals surface area contributed by atoms with E-state index in [4.69, 9.17) is 4.74 Å². The number of carbonyl (C=O) groups excluding carboxylic acids is 1. The first-order valence-electron chi connectivity index (χ1n) is 12.6. The van der Waals surface area contributed by atoms with Gasteiger partial charge in [-0.05, 0) is 87.1 Å². The molecule has 1 N–H and O–H groups in total. The average Bonchev–Trinajstić information content (AvgIpc) is 3.60. The molecule has 0 radical (unpaired) electrons. The van der Waals surface area contributed by atoms with E-state index >= 15 is 0 Å². The van der Waals surface area contributed by atoms with Crippen LogP contribution in [0.3, 0.4) is 0 Å². The first kappa shape index (κ1) is 22.0. The summed E-state index contributed by atoms with van der Waals surface area (Å²) in [6, 6.07) is 3.64. The molecule has 0 bridgehead atoms. The van der Waals surface area contributed by atoms with Gasteiger partial charge in [0.25, 0.3) is 0 Å². The number of hydrogen-bond donors (Lipinski definition) is 1. The number of anilines is 1. The van der Waals surface area contributed by atoms with E-state index < -0.39 is 6.10 Å². The number of piperidine rings is 2. The molecule has 1 aliphatic carbocycles. The highest BCUT2D eigenvalue weighted by atomic mass is 16.5. The minimum Gasteiger partial charge on any atom is -0.457 e. The Balaban J connectivity index is 1.05. The molecule has 1 atom stereocenters. The number of β-amino-alcohol motifs (C(OH)–C–C–N with tert-alkyl or cyclic N) is 1. The van der Waals surface area contributed by atoms with E-state index in [2.05, 4.69) is 9.80 Å². The molecule has 2 aromatic carbocycles. The molecule has 3 aliphatic heterocycles. The number of carbonyl (C=O) groups is 1. The number of hydrogen-bond acceptors (Lipinski definition) is 7. The zero-order chi connectivity index (χ0) is 23.6. The van der Waals surface area contributed by atoms with E-state index in [1.807, 2.05) is 13.0 Å². The van der Waals surface area contributed by atoms with Crippen molar-refractivity contribution in [3.63, 3.8) is 0 Å². The highest BCUT2D eigenvalue weighted by Crippen LogP contribution is 2.46. The quantitative estimate of drug-likeness (QED) is 0.538. The Morgan fingerprint density at radius 3 is 2.38 bits per heavy atom. The molecule has 2 aromatic rings. The molecule has 6 rings (SSSR count). The molecule has 1 spiro atoms. The van der Waals surface area contributed by atoms with E-state index in [1.54, 1.807) is 6.07 Å². The SMILES string of the molecule is Cc1c([C@@H](O)CN2CCC3(CC2)CCN(c2c(C4CC4)c(=O)c2=O)CC3)ccc2c1COC2=O. The van der Waals surface area contributed by atoms with Gasteiger partial charge in [-0.15, -0.1) is 0 Å². The lowest BCUT2D eigenvalue weighted by atomic mass is 9.71. The van der Waals surface area contributed by atoms with Crippen LogP contribution in [-0.4, -0.2) is 48.7 Å². The fraction of sp³-hybridized carbons (Fsp3) is 0.593. The van der Waals surface area contributed by atoms with Crippen LogP contribution in [0.4, 0.5) is 5.69 Å². The van der Waals surface area contributed by atoms with Gasteiger partial charge in [0.15, 0.2) is 0 Å². The summed E-state index contributed by atoms with van der Waals surface area (Å²) < 4.78 is 5.14. The first-order valence-corrected chi connectivity index (χ1v) is 12.6. The molecule has 3 fully saturated rings. The van der Waals surface area contributed by atoms with Crippen molar-refractivity contribution in [1.29, 1.82) is 0 Å². The zero-order valence-corrected chi connectivity index (χ0v) is 19.8. The third-order valence-electron chi connectivity index (χ3n) is 8.96. The molecule has 34 heavy (non-hydrogen) atoms. The van der Waals surface area contributed by atoms with Crippen LogP contribution in [-0.2, 0) is 11.3 Å². The van der Waals surface area contributed by atoms with Crippen LogP contribution >= 0.6 is 0 Å². The van der Waals surface area contributed by atoms with Crippen molar-refractivity contribution in [2.75, 3.05) is 37.6 Å². The second kappa shape index (κ2) is 8.02. The molecule has 3 heterocycles. The molecule has 180 valence electrons. The highest BCUT2D eigenvalue weighted by Gasteiger charge is 2.42. The van der Waals surface area contributed by atoms with Crippen molar-refractivity contribution in [3.8, 4) is 0 Å². The highest BCUT2D eigenvalue weighted by molar-refractivity contribution is 5.93. The summed E-state index contributed by atoms with van der Waals surface area (Å²) in [6.07, 6.45) is 5.82. The van der Waals surface area contributed by atoms with Crippen LogP contribution in [0.2, 0.25) is 0 Å². The van der Waals surface area contributed by atoms with Gasteiger partial charge >= 0.3 is 5.97 Å². The maximum atomic E-state index is 12.2. The predicted octanol–water partition coefficient (Wildman–Crippen LogP) is 2.55. The van der Waals surface area contributed by atoms with Crippen LogP contribution in [0.1, 0.15) is 83.2 Å². The minimum atomic E-state index is -0.591. The van der Waals surface area contributed by atoms with Crippen LogP contribution < -0.4 is 15.8 Å². The topological polar surface area (TPSA) is 87.2 Å². The molecular formula is C27H32N2O5. The van der Waals surface area contributed by atoms with E-state index in [9.17, 15) is 19.5 Å². The minimum absolute atomic E-state index is 0.234. The summed E-state index contributed by atoms with van der Waals surface area (Å²) in [5.41, 5.74) is 4.72. The summed E-state index contributed by atoms with van der Waals surface area (Å²) in [6.45, 7) is 6.48. The van der Waals surface area contributed by atoms with Gasteiger partial charge in [0.05, 0.1) is 17.4 Å². The Labute approximate surface area is 199 Å². The Kier molecular flexibility index (Phi) is 5.19. The second-order valence-corrected chi connectivity index (χ2v) is 10.9. The second-order valence-electron chi connectivity index (χ2n) is 10.9. The molecule has 0 amide bonds. The van der Waals surface area contributed by atoms with E-state index in [1.165, 1.54) is 0 Å². The van der Waals surface area contributed by atoms with Gasteiger partial charge in [-0.1, -0.05) is 6.07 Å². The number of rotatable bonds is 5. The van der Waals surface area contributed by atoms with Crippen molar-refractivity contribution in [2.45, 2.75) is 64.1 Å². The molecule has 0 unspecified atom stereocenters. The van der Waals surface area contributed by atoms with Gasteiger partial charge in [0, 0.05) is 30.8 Å². The van der Waals surface area contributed by atoms with Crippen molar-refractivity contribution in [3.05, 3.63) is 60.4 Å². The Hall–Kier alpha value is -2.51. The molecule has 4 aliphatic rings. The van der Waals surface area contributed by atoms with Crippen molar-refractivity contribution >= 4 is 11.7 Å². The Bertz CT molecular complexity index is 1200. The molecule has 7 nitrogen and oxygen atoms in total. The van der Waals surface area contributed by atoms with Crippen LogP contribution in [0.15, 0.2) is 21.7 Å². The van der Waals surface area contributed by atoms with Gasteiger partial charge in [0.1, 0.15) is 6.61 Å². The summed E-state index contributed by atoms with van der Waals surface area (Å²) in [7, 11) is 0. The predicted molar refractivity (Wildman–Crippen MR) is 128 cm³/mol. The summed E-state index contributed by atoms with van der Waals surface area (Å²) >= 11 is 0. The standard InChI is InChI=1S/C27H32N2O5/c1-16-18(4-5-19-20(16)15-34-26(19)33)21(30)14-28-10-6-27(7-11-28)8-12-29(13-9-27)23-22(17-2-3-17)24(31)25(23)32/h4-5,17,21,30H,2-3,6-15H2,1H3/t21-/m0/s1. The number of aliphatic hydroxyl groups is 1. The van der Waals surface area contributed by atoms with Gasteiger partial charge < -0.3 is 19.6 Å². The van der Waals surface area contributed by atoms with Gasteiger partial charge in [-0.3, -0.25) is 9.59 Å². The van der Waals surface area contributed by atoms with Gasteiger partial charge in [0.2, 0.25) is 10.9 Å². The number of aliphatic hydroxyl groups excluding tert-OH is 1. The average molecular weight is 465 g/mol. The zero-order valence-electron chi connectivity index (χ0n) is 19.8. The Morgan fingerprint density at radius 2 is 1.71 bits per heavy atom. The van der Waals surface area contributed by atoms with Crippen LogP contribution in [0.25, 0.3) is 0 Å². The van der Waals surface area contributed by atoms with Crippen molar-refractivity contribution in [2.24, 2.45) is 5.41 Å². The number of likely N-dealkylation sites (tertiary alicyclic amines) is 1. The smallest absolute Gasteiger partial charge is 0.338 e. The molecular weight excluding hydrogens is 432 g/mol. The van der Waals surface area contributed by atoms with E-state index in [0.29, 0.717) is 30.0 Å². The number of cyclic esters (lactones) is 1. The molecule has 7 heteroatoms. The fourth-order valence-corrected chi connectivity index (χ4v) is 6.45. The summed E-state index contributed by atoms with van der Waals surface area (Å²) in [4.78, 5) is 40.6. The third kappa shape index (κ3) is 3.52. The summed E-state index contributed by atoms with van der Waals surface area (Å²) in [5.74, 6) is 0.0629. The monoisotopic (exact) mass is 464 g/mol. The van der Waals surface area contributed by atoms with Gasteiger partial charge in [-0.2, -0.15) is 0 Å². The van der Waals surface area contributed by atoms with E-state index in [-0.39, 0.29) is 16.8 Å².